The van der Waals surface area contributed by atoms with Gasteiger partial charge in [-0.25, -0.2) is 4.99 Å². The summed E-state index contributed by atoms with van der Waals surface area (Å²) in [6.07, 6.45) is 0. The molecule has 7 nitrogen and oxygen atoms in total. The molecule has 1 aromatic carbocycles. The quantitative estimate of drug-likeness (QED) is 0.548. The van der Waals surface area contributed by atoms with Crippen LogP contribution in [0.2, 0.25) is 0 Å². The van der Waals surface area contributed by atoms with Crippen LogP contribution in [0, 0.1) is 6.92 Å². The van der Waals surface area contributed by atoms with E-state index < -0.39 is 0 Å². The van der Waals surface area contributed by atoms with Crippen molar-refractivity contribution in [2.45, 2.75) is 40.3 Å². The number of ether oxygens (including phenoxy) is 1. The van der Waals surface area contributed by atoms with Crippen molar-refractivity contribution >= 4 is 11.9 Å². The van der Waals surface area contributed by atoms with Gasteiger partial charge in [0, 0.05) is 38.8 Å². The minimum atomic E-state index is 0.0948. The molecule has 0 spiro atoms. The van der Waals surface area contributed by atoms with Crippen molar-refractivity contribution in [3.05, 3.63) is 29.3 Å². The van der Waals surface area contributed by atoms with Crippen LogP contribution in [0.25, 0.3) is 0 Å². The van der Waals surface area contributed by atoms with Crippen molar-refractivity contribution < 1.29 is 9.53 Å². The van der Waals surface area contributed by atoms with Crippen LogP contribution in [0.1, 0.15) is 31.9 Å². The van der Waals surface area contributed by atoms with Crippen molar-refractivity contribution in [3.8, 4) is 5.75 Å². The highest BCUT2D eigenvalue weighted by Gasteiger charge is 2.21. The Morgan fingerprint density at radius 3 is 2.54 bits per heavy atom. The molecule has 7 heteroatoms. The molecule has 1 amide bonds. The summed E-state index contributed by atoms with van der Waals surface area (Å²) in [4.78, 5) is 21.3. The first-order chi connectivity index (χ1) is 13.4. The largest absolute Gasteiger partial charge is 0.497 e. The number of rotatable bonds is 7. The zero-order valence-electron chi connectivity index (χ0n) is 17.9. The number of hydrogen-bond acceptors (Lipinski definition) is 4. The first-order valence-electron chi connectivity index (χ1n) is 10.1. The molecule has 0 atom stereocenters. The minimum absolute atomic E-state index is 0.0948. The Morgan fingerprint density at radius 1 is 1.21 bits per heavy atom. The molecule has 0 unspecified atom stereocenters. The van der Waals surface area contributed by atoms with Crippen molar-refractivity contribution in [1.29, 1.82) is 0 Å². The SMILES string of the molecule is CCNC(=NCc1cc(C)cc(OC)c1)N1CCN(CC(=O)NC(C)C)CC1. The third kappa shape index (κ3) is 7.03. The maximum atomic E-state index is 12.0. The van der Waals surface area contributed by atoms with Crippen LogP contribution >= 0.6 is 0 Å². The Bertz CT molecular complexity index is 667. The summed E-state index contributed by atoms with van der Waals surface area (Å²) >= 11 is 0. The van der Waals surface area contributed by atoms with E-state index in [-0.39, 0.29) is 11.9 Å². The molecule has 0 aliphatic carbocycles. The molecule has 1 aliphatic heterocycles. The number of amides is 1. The number of nitrogens with zero attached hydrogens (tertiary/aromatic N) is 3. The highest BCUT2D eigenvalue weighted by atomic mass is 16.5. The van der Waals surface area contributed by atoms with Gasteiger partial charge in [-0.1, -0.05) is 6.07 Å². The van der Waals surface area contributed by atoms with Crippen LogP contribution < -0.4 is 15.4 Å². The van der Waals surface area contributed by atoms with Crippen LogP contribution in [0.5, 0.6) is 5.75 Å². The van der Waals surface area contributed by atoms with Gasteiger partial charge in [0.05, 0.1) is 20.2 Å². The Hall–Kier alpha value is -2.28. The number of guanidine groups is 1. The van der Waals surface area contributed by atoms with E-state index in [4.69, 9.17) is 9.73 Å². The van der Waals surface area contributed by atoms with Crippen molar-refractivity contribution in [1.82, 2.24) is 20.4 Å². The molecule has 0 radical (unpaired) electrons. The number of aryl methyl sites for hydroxylation is 1. The molecule has 0 saturated carbocycles. The molecule has 1 aliphatic rings. The molecular weight excluding hydrogens is 354 g/mol. The van der Waals surface area contributed by atoms with Gasteiger partial charge >= 0.3 is 0 Å². The van der Waals surface area contributed by atoms with Gasteiger partial charge in [0.15, 0.2) is 5.96 Å². The van der Waals surface area contributed by atoms with E-state index in [0.29, 0.717) is 13.1 Å². The predicted molar refractivity (Wildman–Crippen MR) is 114 cm³/mol. The number of carbonyl (C=O) groups excluding carboxylic acids is 1. The van der Waals surface area contributed by atoms with Gasteiger partial charge in [0.1, 0.15) is 5.75 Å². The zero-order chi connectivity index (χ0) is 20.5. The molecule has 0 aromatic heterocycles. The van der Waals surface area contributed by atoms with E-state index in [9.17, 15) is 4.79 Å². The standard InChI is InChI=1S/C21H35N5O2/c1-6-22-21(23-14-18-11-17(4)12-19(13-18)28-5)26-9-7-25(8-10-26)15-20(27)24-16(2)3/h11-13,16H,6-10,14-15H2,1-5H3,(H,22,23)(H,24,27). The first-order valence-corrected chi connectivity index (χ1v) is 10.1. The Labute approximate surface area is 169 Å². The molecule has 156 valence electrons. The van der Waals surface area contributed by atoms with Crippen molar-refractivity contribution in [3.63, 3.8) is 0 Å². The van der Waals surface area contributed by atoms with Gasteiger partial charge < -0.3 is 20.3 Å². The van der Waals surface area contributed by atoms with Crippen LogP contribution in [0.3, 0.4) is 0 Å². The van der Waals surface area contributed by atoms with E-state index in [1.807, 2.05) is 26.0 Å². The average molecular weight is 390 g/mol. The van der Waals surface area contributed by atoms with E-state index in [0.717, 1.165) is 50.0 Å². The summed E-state index contributed by atoms with van der Waals surface area (Å²) in [6, 6.07) is 6.38. The third-order valence-corrected chi connectivity index (χ3v) is 4.58. The summed E-state index contributed by atoms with van der Waals surface area (Å²) in [5, 5.41) is 6.35. The maximum absolute atomic E-state index is 12.0. The molecule has 28 heavy (non-hydrogen) atoms. The van der Waals surface area contributed by atoms with Gasteiger partial charge in [-0.3, -0.25) is 9.69 Å². The second kappa shape index (κ2) is 10.9. The summed E-state index contributed by atoms with van der Waals surface area (Å²) < 4.78 is 5.36. The Kier molecular flexibility index (Phi) is 8.57. The third-order valence-electron chi connectivity index (χ3n) is 4.58. The number of hydrogen-bond donors (Lipinski definition) is 2. The Morgan fingerprint density at radius 2 is 1.93 bits per heavy atom. The number of carbonyl (C=O) groups is 1. The lowest BCUT2D eigenvalue weighted by molar-refractivity contribution is -0.123. The van der Waals surface area contributed by atoms with Crippen molar-refractivity contribution in [2.24, 2.45) is 4.99 Å². The van der Waals surface area contributed by atoms with Gasteiger partial charge in [0.25, 0.3) is 0 Å². The first kappa shape index (κ1) is 22.0. The molecule has 2 N–H and O–H groups in total. The summed E-state index contributed by atoms with van der Waals surface area (Å²) in [5.41, 5.74) is 2.30. The smallest absolute Gasteiger partial charge is 0.234 e. The summed E-state index contributed by atoms with van der Waals surface area (Å²) in [5.74, 6) is 1.88. The molecule has 2 rings (SSSR count). The number of aliphatic imine (C=N–C) groups is 1. The topological polar surface area (TPSA) is 69.2 Å². The maximum Gasteiger partial charge on any atom is 0.234 e. The number of nitrogens with one attached hydrogen (secondary N) is 2. The lowest BCUT2D eigenvalue weighted by Gasteiger charge is -2.36. The van der Waals surface area contributed by atoms with E-state index >= 15 is 0 Å². The molecule has 0 bridgehead atoms. The predicted octanol–water partition coefficient (Wildman–Crippen LogP) is 1.61. The molecule has 1 heterocycles. The zero-order valence-corrected chi connectivity index (χ0v) is 17.9. The summed E-state index contributed by atoms with van der Waals surface area (Å²) in [6.45, 7) is 13.4. The highest BCUT2D eigenvalue weighted by molar-refractivity contribution is 5.80. The van der Waals surface area contributed by atoms with Gasteiger partial charge in [0.2, 0.25) is 5.91 Å². The lowest BCUT2D eigenvalue weighted by Crippen LogP contribution is -2.54. The van der Waals surface area contributed by atoms with Gasteiger partial charge in [-0.15, -0.1) is 0 Å². The van der Waals surface area contributed by atoms with Crippen LogP contribution in [-0.4, -0.2) is 74.1 Å². The normalized spacial score (nSPS) is 15.6. The molecule has 1 saturated heterocycles. The average Bonchev–Trinajstić information content (AvgIpc) is 2.64. The van der Waals surface area contributed by atoms with Gasteiger partial charge in [-0.05, 0) is 51.0 Å². The minimum Gasteiger partial charge on any atom is -0.497 e. The van der Waals surface area contributed by atoms with Gasteiger partial charge in [-0.2, -0.15) is 0 Å². The van der Waals surface area contributed by atoms with Crippen LogP contribution in [0.15, 0.2) is 23.2 Å². The van der Waals surface area contributed by atoms with Crippen LogP contribution in [0.4, 0.5) is 0 Å². The van der Waals surface area contributed by atoms with E-state index in [2.05, 4.69) is 40.3 Å². The highest BCUT2D eigenvalue weighted by Crippen LogP contribution is 2.17. The fraction of sp³-hybridized carbons (Fsp3) is 0.619. The van der Waals surface area contributed by atoms with E-state index in [1.54, 1.807) is 7.11 Å². The molecule has 1 aromatic rings. The monoisotopic (exact) mass is 389 g/mol. The molecule has 1 fully saturated rings. The van der Waals surface area contributed by atoms with Crippen molar-refractivity contribution in [2.75, 3.05) is 46.4 Å². The van der Waals surface area contributed by atoms with Crippen LogP contribution in [-0.2, 0) is 11.3 Å². The number of piperazine rings is 1. The van der Waals surface area contributed by atoms with E-state index in [1.165, 1.54) is 5.56 Å². The summed E-state index contributed by atoms with van der Waals surface area (Å²) in [7, 11) is 1.69. The fourth-order valence-corrected chi connectivity index (χ4v) is 3.31. The molecular formula is C21H35N5O2. The number of methoxy groups -OCH3 is 1. The number of benzene rings is 1. The fourth-order valence-electron chi connectivity index (χ4n) is 3.31. The second-order valence-corrected chi connectivity index (χ2v) is 7.51. The lowest BCUT2D eigenvalue weighted by atomic mass is 10.1. The second-order valence-electron chi connectivity index (χ2n) is 7.51. The Balaban J connectivity index is 1.94.